The predicted octanol–water partition coefficient (Wildman–Crippen LogP) is 1.70. The summed E-state index contributed by atoms with van der Waals surface area (Å²) in [5, 5.41) is 6.20. The maximum Gasteiger partial charge on any atom is 0.334 e. The van der Waals surface area contributed by atoms with Gasteiger partial charge in [0.15, 0.2) is 0 Å². The van der Waals surface area contributed by atoms with E-state index in [1.54, 1.807) is 34.0 Å². The SMILES string of the molecule is COCCCN1C[C@H]2N(C(=O)CN(C)N2C(=O)NCc2ccccc2)[C@@H](Cc2ccccc2)C1=O. The average molecular weight is 480 g/mol. The highest BCUT2D eigenvalue weighted by Gasteiger charge is 2.50. The lowest BCUT2D eigenvalue weighted by atomic mass is 9.98. The summed E-state index contributed by atoms with van der Waals surface area (Å²) in [6.07, 6.45) is 0.481. The maximum absolute atomic E-state index is 13.6. The van der Waals surface area contributed by atoms with Crippen LogP contribution in [-0.2, 0) is 27.3 Å². The number of urea groups is 1. The number of fused-ring (bicyclic) bond motifs is 1. The van der Waals surface area contributed by atoms with Crippen LogP contribution in [0.4, 0.5) is 4.79 Å². The third-order valence-electron chi connectivity index (χ3n) is 6.48. The third-order valence-corrected chi connectivity index (χ3v) is 6.48. The molecule has 2 aliphatic rings. The molecular formula is C26H33N5O4. The zero-order valence-corrected chi connectivity index (χ0v) is 20.3. The lowest BCUT2D eigenvalue weighted by Crippen LogP contribution is -2.76. The predicted molar refractivity (Wildman–Crippen MR) is 131 cm³/mol. The van der Waals surface area contributed by atoms with Gasteiger partial charge in [-0.2, -0.15) is 0 Å². The van der Waals surface area contributed by atoms with Crippen LogP contribution >= 0.6 is 0 Å². The number of piperazine rings is 1. The van der Waals surface area contributed by atoms with E-state index in [-0.39, 0.29) is 30.9 Å². The number of nitrogens with zero attached hydrogens (tertiary/aromatic N) is 4. The Morgan fingerprint density at radius 2 is 1.69 bits per heavy atom. The number of hydrazine groups is 1. The van der Waals surface area contributed by atoms with Gasteiger partial charge in [-0.1, -0.05) is 60.7 Å². The van der Waals surface area contributed by atoms with Crippen molar-refractivity contribution in [3.63, 3.8) is 0 Å². The van der Waals surface area contributed by atoms with E-state index in [2.05, 4.69) is 5.32 Å². The van der Waals surface area contributed by atoms with Crippen molar-refractivity contribution in [1.29, 1.82) is 0 Å². The molecule has 0 aliphatic carbocycles. The van der Waals surface area contributed by atoms with Crippen molar-refractivity contribution >= 4 is 17.8 Å². The summed E-state index contributed by atoms with van der Waals surface area (Å²) in [7, 11) is 3.36. The molecule has 2 heterocycles. The van der Waals surface area contributed by atoms with Gasteiger partial charge in [0.05, 0.1) is 13.1 Å². The van der Waals surface area contributed by atoms with E-state index in [1.165, 1.54) is 0 Å². The van der Waals surface area contributed by atoms with Gasteiger partial charge in [0.1, 0.15) is 12.2 Å². The molecule has 4 rings (SSSR count). The topological polar surface area (TPSA) is 85.4 Å². The zero-order chi connectivity index (χ0) is 24.8. The van der Waals surface area contributed by atoms with Gasteiger partial charge >= 0.3 is 6.03 Å². The van der Waals surface area contributed by atoms with Crippen LogP contribution < -0.4 is 5.32 Å². The fraction of sp³-hybridized carbons (Fsp3) is 0.423. The molecule has 186 valence electrons. The Bertz CT molecular complexity index is 1020. The second-order valence-corrected chi connectivity index (χ2v) is 8.92. The van der Waals surface area contributed by atoms with Crippen LogP contribution in [0.3, 0.4) is 0 Å². The molecule has 2 aromatic carbocycles. The highest BCUT2D eigenvalue weighted by molar-refractivity contribution is 5.91. The molecule has 4 amide bonds. The third kappa shape index (κ3) is 5.63. The number of methoxy groups -OCH3 is 1. The van der Waals surface area contributed by atoms with Gasteiger partial charge in [0.2, 0.25) is 11.8 Å². The molecular weight excluding hydrogens is 446 g/mol. The number of hydrogen-bond acceptors (Lipinski definition) is 5. The van der Waals surface area contributed by atoms with Gasteiger partial charge in [-0.3, -0.25) is 9.59 Å². The van der Waals surface area contributed by atoms with Crippen LogP contribution in [0.2, 0.25) is 0 Å². The summed E-state index contributed by atoms with van der Waals surface area (Å²) < 4.78 is 5.18. The quantitative estimate of drug-likeness (QED) is 0.583. The number of hydrogen-bond donors (Lipinski definition) is 1. The monoisotopic (exact) mass is 479 g/mol. The van der Waals surface area contributed by atoms with Crippen molar-refractivity contribution in [2.75, 3.05) is 40.4 Å². The van der Waals surface area contributed by atoms with Gasteiger partial charge in [0, 0.05) is 40.3 Å². The molecule has 0 aromatic heterocycles. The van der Waals surface area contributed by atoms with E-state index >= 15 is 0 Å². The first-order chi connectivity index (χ1) is 17.0. The van der Waals surface area contributed by atoms with Crippen molar-refractivity contribution in [3.8, 4) is 0 Å². The second-order valence-electron chi connectivity index (χ2n) is 8.92. The fourth-order valence-electron chi connectivity index (χ4n) is 4.80. The van der Waals surface area contributed by atoms with E-state index in [4.69, 9.17) is 4.74 Å². The number of rotatable bonds is 8. The van der Waals surface area contributed by atoms with Gasteiger partial charge in [-0.25, -0.2) is 14.8 Å². The highest BCUT2D eigenvalue weighted by atomic mass is 16.5. The lowest BCUT2D eigenvalue weighted by molar-refractivity contribution is -0.187. The number of ether oxygens (including phenoxy) is 1. The molecule has 0 spiro atoms. The zero-order valence-electron chi connectivity index (χ0n) is 20.3. The normalized spacial score (nSPS) is 20.7. The van der Waals surface area contributed by atoms with Crippen molar-refractivity contribution in [2.45, 2.75) is 31.6 Å². The van der Waals surface area contributed by atoms with Crippen molar-refractivity contribution in [3.05, 3.63) is 71.8 Å². The van der Waals surface area contributed by atoms with E-state index in [0.717, 1.165) is 11.1 Å². The minimum atomic E-state index is -0.677. The molecule has 2 aromatic rings. The first-order valence-corrected chi connectivity index (χ1v) is 11.9. The minimum absolute atomic E-state index is 0.0253. The smallest absolute Gasteiger partial charge is 0.334 e. The molecule has 1 N–H and O–H groups in total. The number of carbonyl (C=O) groups is 3. The Morgan fingerprint density at radius 1 is 1.03 bits per heavy atom. The van der Waals surface area contributed by atoms with Crippen LogP contribution in [0, 0.1) is 0 Å². The van der Waals surface area contributed by atoms with Crippen molar-refractivity contribution in [1.82, 2.24) is 25.1 Å². The number of benzene rings is 2. The largest absolute Gasteiger partial charge is 0.385 e. The Hall–Kier alpha value is -3.43. The summed E-state index contributed by atoms with van der Waals surface area (Å²) in [4.78, 5) is 43.5. The van der Waals surface area contributed by atoms with Crippen LogP contribution in [-0.4, -0.2) is 90.3 Å². The van der Waals surface area contributed by atoms with Crippen molar-refractivity contribution < 1.29 is 19.1 Å². The van der Waals surface area contributed by atoms with Gasteiger partial charge in [0.25, 0.3) is 0 Å². The standard InChI is InChI=1S/C26H33N5O4/c1-28-19-24(32)30-22(16-20-10-5-3-6-11-20)25(33)29(14-9-15-35-2)18-23(30)31(28)26(34)27-17-21-12-7-4-8-13-21/h3-8,10-13,22-23H,9,14-19H2,1-2H3,(H,27,34)/t22-,23-/m0/s1. The Labute approximate surface area is 206 Å². The maximum atomic E-state index is 13.6. The van der Waals surface area contributed by atoms with E-state index in [9.17, 15) is 14.4 Å². The van der Waals surface area contributed by atoms with Crippen molar-refractivity contribution in [2.24, 2.45) is 0 Å². The molecule has 2 atom stereocenters. The number of carbonyl (C=O) groups excluding carboxylic acids is 3. The lowest BCUT2D eigenvalue weighted by Gasteiger charge is -2.54. The Morgan fingerprint density at radius 3 is 2.34 bits per heavy atom. The number of amides is 4. The summed E-state index contributed by atoms with van der Waals surface area (Å²) in [5.74, 6) is -0.251. The summed E-state index contributed by atoms with van der Waals surface area (Å²) in [6, 6.07) is 18.4. The fourth-order valence-corrected chi connectivity index (χ4v) is 4.80. The first-order valence-electron chi connectivity index (χ1n) is 11.9. The Balaban J connectivity index is 1.59. The molecule has 2 saturated heterocycles. The van der Waals surface area contributed by atoms with Gasteiger partial charge in [-0.05, 0) is 17.5 Å². The second kappa shape index (κ2) is 11.3. The molecule has 0 radical (unpaired) electrons. The molecule has 9 heteroatoms. The summed E-state index contributed by atoms with van der Waals surface area (Å²) in [5.41, 5.74) is 1.95. The molecule has 0 unspecified atom stereocenters. The van der Waals surface area contributed by atoms with E-state index < -0.39 is 12.2 Å². The molecule has 2 aliphatic heterocycles. The molecule has 0 bridgehead atoms. The number of nitrogens with one attached hydrogen (secondary N) is 1. The Kier molecular flexibility index (Phi) is 7.99. The van der Waals surface area contributed by atoms with Gasteiger partial charge < -0.3 is 19.9 Å². The molecule has 2 fully saturated rings. The van der Waals surface area contributed by atoms with Gasteiger partial charge in [-0.15, -0.1) is 0 Å². The molecule has 0 saturated carbocycles. The van der Waals surface area contributed by atoms with Crippen LogP contribution in [0.1, 0.15) is 17.5 Å². The molecule has 9 nitrogen and oxygen atoms in total. The number of likely N-dealkylation sites (N-methyl/N-ethyl adjacent to an activating group) is 1. The molecule has 35 heavy (non-hydrogen) atoms. The van der Waals surface area contributed by atoms with Crippen LogP contribution in [0.5, 0.6) is 0 Å². The van der Waals surface area contributed by atoms with Crippen LogP contribution in [0.25, 0.3) is 0 Å². The highest BCUT2D eigenvalue weighted by Crippen LogP contribution is 2.27. The average Bonchev–Trinajstić information content (AvgIpc) is 2.86. The minimum Gasteiger partial charge on any atom is -0.385 e. The summed E-state index contributed by atoms with van der Waals surface area (Å²) in [6.45, 7) is 1.68. The first kappa shape index (κ1) is 24.7. The van der Waals surface area contributed by atoms with Crippen LogP contribution in [0.15, 0.2) is 60.7 Å². The summed E-state index contributed by atoms with van der Waals surface area (Å²) >= 11 is 0. The van der Waals surface area contributed by atoms with E-state index in [1.807, 2.05) is 60.7 Å². The van der Waals surface area contributed by atoms with E-state index in [0.29, 0.717) is 32.5 Å².